The lowest BCUT2D eigenvalue weighted by atomic mass is 9.76. The van der Waals surface area contributed by atoms with Gasteiger partial charge in [0, 0.05) is 24.1 Å². The summed E-state index contributed by atoms with van der Waals surface area (Å²) in [5, 5.41) is 0. The topological polar surface area (TPSA) is 38.7 Å². The standard InChI is InChI=1S/C15H21NO2/c1-5-18-14(17)7-13-15-11(4)10(3)9(2)6-12(15)8-16-13/h6,12,15H,5,7-8H2,1-4H3. The van der Waals surface area contributed by atoms with Crippen LogP contribution in [-0.2, 0) is 9.53 Å². The molecule has 0 N–H and O–H groups in total. The van der Waals surface area contributed by atoms with Gasteiger partial charge in [-0.1, -0.05) is 17.2 Å². The highest BCUT2D eigenvalue weighted by molar-refractivity contribution is 6.03. The summed E-state index contributed by atoms with van der Waals surface area (Å²) in [6.07, 6.45) is 2.64. The fourth-order valence-electron chi connectivity index (χ4n) is 2.91. The lowest BCUT2D eigenvalue weighted by Gasteiger charge is -2.27. The molecule has 0 amide bonds. The predicted octanol–water partition coefficient (Wildman–Crippen LogP) is 2.92. The number of rotatable bonds is 3. The van der Waals surface area contributed by atoms with Crippen LogP contribution in [0.4, 0.5) is 0 Å². The molecular formula is C15H21NO2. The molecule has 3 nitrogen and oxygen atoms in total. The third-order valence-electron chi connectivity index (χ3n) is 4.04. The van der Waals surface area contributed by atoms with Crippen LogP contribution in [-0.4, -0.2) is 24.8 Å². The van der Waals surface area contributed by atoms with Gasteiger partial charge in [0.05, 0.1) is 13.0 Å². The Kier molecular flexibility index (Phi) is 3.69. The Morgan fingerprint density at radius 3 is 2.83 bits per heavy atom. The van der Waals surface area contributed by atoms with Gasteiger partial charge < -0.3 is 4.74 Å². The Morgan fingerprint density at radius 2 is 2.17 bits per heavy atom. The number of hydrogen-bond donors (Lipinski definition) is 0. The summed E-state index contributed by atoms with van der Waals surface area (Å²) in [4.78, 5) is 16.2. The van der Waals surface area contributed by atoms with Crippen LogP contribution in [0.3, 0.4) is 0 Å². The second kappa shape index (κ2) is 5.09. The van der Waals surface area contributed by atoms with Gasteiger partial charge >= 0.3 is 5.97 Å². The molecule has 1 aliphatic heterocycles. The Hall–Kier alpha value is -1.38. The molecule has 2 aliphatic rings. The Bertz CT molecular complexity index is 457. The van der Waals surface area contributed by atoms with Gasteiger partial charge in [-0.25, -0.2) is 0 Å². The van der Waals surface area contributed by atoms with E-state index in [0.717, 1.165) is 12.3 Å². The van der Waals surface area contributed by atoms with Crippen molar-refractivity contribution in [3.05, 3.63) is 22.8 Å². The summed E-state index contributed by atoms with van der Waals surface area (Å²) < 4.78 is 5.02. The maximum absolute atomic E-state index is 11.6. The zero-order valence-corrected chi connectivity index (χ0v) is 11.6. The number of allylic oxidation sites excluding steroid dienone is 3. The molecule has 0 aromatic heterocycles. The van der Waals surface area contributed by atoms with Crippen LogP contribution in [0, 0.1) is 11.8 Å². The number of fused-ring (bicyclic) bond motifs is 1. The molecule has 0 saturated carbocycles. The fraction of sp³-hybridized carbons (Fsp3) is 0.600. The van der Waals surface area contributed by atoms with E-state index in [1.807, 2.05) is 6.92 Å². The molecule has 0 saturated heterocycles. The average Bonchev–Trinajstić information content (AvgIpc) is 2.69. The van der Waals surface area contributed by atoms with Crippen LogP contribution in [0.2, 0.25) is 0 Å². The molecule has 18 heavy (non-hydrogen) atoms. The van der Waals surface area contributed by atoms with Crippen molar-refractivity contribution in [3.8, 4) is 0 Å². The average molecular weight is 247 g/mol. The van der Waals surface area contributed by atoms with Gasteiger partial charge in [-0.2, -0.15) is 0 Å². The summed E-state index contributed by atoms with van der Waals surface area (Å²) in [6, 6.07) is 0. The number of esters is 1. The second-order valence-electron chi connectivity index (χ2n) is 5.11. The lowest BCUT2D eigenvalue weighted by molar-refractivity contribution is -0.141. The predicted molar refractivity (Wildman–Crippen MR) is 72.7 cm³/mol. The first-order valence-electron chi connectivity index (χ1n) is 6.59. The summed E-state index contributed by atoms with van der Waals surface area (Å²) in [5.41, 5.74) is 5.05. The number of hydrogen-bond acceptors (Lipinski definition) is 3. The fourth-order valence-corrected chi connectivity index (χ4v) is 2.91. The van der Waals surface area contributed by atoms with Gasteiger partial charge in [0.25, 0.3) is 0 Å². The molecule has 0 aromatic rings. The number of carbonyl (C=O) groups excluding carboxylic acids is 1. The van der Waals surface area contributed by atoms with Crippen molar-refractivity contribution < 1.29 is 9.53 Å². The second-order valence-corrected chi connectivity index (χ2v) is 5.11. The SMILES string of the molecule is CCOC(=O)CC1=NCC2C=C(C)C(C)=C(C)C12. The first-order valence-corrected chi connectivity index (χ1v) is 6.59. The molecule has 2 atom stereocenters. The van der Waals surface area contributed by atoms with Gasteiger partial charge in [-0.3, -0.25) is 9.79 Å². The lowest BCUT2D eigenvalue weighted by Crippen LogP contribution is -2.25. The highest BCUT2D eigenvalue weighted by Crippen LogP contribution is 2.38. The maximum Gasteiger partial charge on any atom is 0.311 e. The first kappa shape index (κ1) is 13.1. The quantitative estimate of drug-likeness (QED) is 0.719. The number of nitrogens with zero attached hydrogens (tertiary/aromatic N) is 1. The summed E-state index contributed by atoms with van der Waals surface area (Å²) in [6.45, 7) is 9.54. The largest absolute Gasteiger partial charge is 0.466 e. The third kappa shape index (κ3) is 2.26. The van der Waals surface area contributed by atoms with Crippen LogP contribution in [0.15, 0.2) is 27.8 Å². The van der Waals surface area contributed by atoms with Crippen molar-refractivity contribution in [2.24, 2.45) is 16.8 Å². The van der Waals surface area contributed by atoms with Gasteiger partial charge in [-0.15, -0.1) is 0 Å². The first-order chi connectivity index (χ1) is 8.54. The Morgan fingerprint density at radius 1 is 1.44 bits per heavy atom. The van der Waals surface area contributed by atoms with E-state index >= 15 is 0 Å². The molecule has 0 radical (unpaired) electrons. The van der Waals surface area contributed by atoms with Gasteiger partial charge in [0.2, 0.25) is 0 Å². The van der Waals surface area contributed by atoms with E-state index in [-0.39, 0.29) is 5.97 Å². The molecule has 2 unspecified atom stereocenters. The van der Waals surface area contributed by atoms with Gasteiger partial charge in [-0.05, 0) is 33.3 Å². The smallest absolute Gasteiger partial charge is 0.311 e. The van der Waals surface area contributed by atoms with Crippen LogP contribution in [0.5, 0.6) is 0 Å². The van der Waals surface area contributed by atoms with E-state index in [1.165, 1.54) is 16.7 Å². The van der Waals surface area contributed by atoms with E-state index in [4.69, 9.17) is 4.74 Å². The van der Waals surface area contributed by atoms with Crippen molar-refractivity contribution in [2.75, 3.05) is 13.2 Å². The van der Waals surface area contributed by atoms with Crippen LogP contribution >= 0.6 is 0 Å². The normalized spacial score (nSPS) is 26.7. The molecule has 0 spiro atoms. The summed E-state index contributed by atoms with van der Waals surface area (Å²) >= 11 is 0. The minimum atomic E-state index is -0.159. The number of carbonyl (C=O) groups is 1. The minimum Gasteiger partial charge on any atom is -0.466 e. The highest BCUT2D eigenvalue weighted by atomic mass is 16.5. The maximum atomic E-state index is 11.6. The zero-order chi connectivity index (χ0) is 13.3. The highest BCUT2D eigenvalue weighted by Gasteiger charge is 2.35. The molecule has 0 fully saturated rings. The van der Waals surface area contributed by atoms with Crippen molar-refractivity contribution in [1.82, 2.24) is 0 Å². The molecule has 98 valence electrons. The van der Waals surface area contributed by atoms with E-state index in [0.29, 0.717) is 24.9 Å². The van der Waals surface area contributed by atoms with Crippen molar-refractivity contribution in [1.29, 1.82) is 0 Å². The molecule has 3 heteroatoms. The van der Waals surface area contributed by atoms with E-state index < -0.39 is 0 Å². The van der Waals surface area contributed by atoms with E-state index in [1.54, 1.807) is 0 Å². The number of ether oxygens (including phenoxy) is 1. The summed E-state index contributed by atoms with van der Waals surface area (Å²) in [7, 11) is 0. The van der Waals surface area contributed by atoms with Crippen LogP contribution in [0.1, 0.15) is 34.1 Å². The van der Waals surface area contributed by atoms with E-state index in [9.17, 15) is 4.79 Å². The van der Waals surface area contributed by atoms with Crippen molar-refractivity contribution >= 4 is 11.7 Å². The van der Waals surface area contributed by atoms with Gasteiger partial charge in [0.15, 0.2) is 0 Å². The molecule has 1 aliphatic carbocycles. The Labute approximate surface area is 109 Å². The zero-order valence-electron chi connectivity index (χ0n) is 11.6. The molecule has 0 aromatic carbocycles. The molecule has 1 heterocycles. The summed E-state index contributed by atoms with van der Waals surface area (Å²) in [5.74, 6) is 0.602. The third-order valence-corrected chi connectivity index (χ3v) is 4.04. The van der Waals surface area contributed by atoms with Crippen LogP contribution in [0.25, 0.3) is 0 Å². The van der Waals surface area contributed by atoms with Crippen LogP contribution < -0.4 is 0 Å². The molecular weight excluding hydrogens is 226 g/mol. The molecule has 2 rings (SSSR count). The minimum absolute atomic E-state index is 0.159. The Balaban J connectivity index is 2.16. The number of aliphatic imine (C=N–C) groups is 1. The van der Waals surface area contributed by atoms with E-state index in [2.05, 4.69) is 31.8 Å². The molecule has 0 bridgehead atoms. The van der Waals surface area contributed by atoms with Gasteiger partial charge in [0.1, 0.15) is 0 Å². The van der Waals surface area contributed by atoms with Crippen molar-refractivity contribution in [3.63, 3.8) is 0 Å². The monoisotopic (exact) mass is 247 g/mol. The van der Waals surface area contributed by atoms with Crippen molar-refractivity contribution in [2.45, 2.75) is 34.1 Å².